The molecule has 0 saturated carbocycles. The average molecular weight is 380 g/mol. The minimum atomic E-state index is -3.85. The van der Waals surface area contributed by atoms with E-state index in [1.807, 2.05) is 24.5 Å². The van der Waals surface area contributed by atoms with Gasteiger partial charge in [-0.1, -0.05) is 35.9 Å². The van der Waals surface area contributed by atoms with Gasteiger partial charge < -0.3 is 0 Å². The van der Waals surface area contributed by atoms with Crippen molar-refractivity contribution in [3.05, 3.63) is 53.7 Å². The van der Waals surface area contributed by atoms with E-state index >= 15 is 0 Å². The molecule has 124 valence electrons. The van der Waals surface area contributed by atoms with Crippen LogP contribution >= 0.6 is 23.4 Å². The van der Waals surface area contributed by atoms with Crippen LogP contribution in [-0.2, 0) is 10.0 Å². The van der Waals surface area contributed by atoms with Crippen LogP contribution in [0.2, 0.25) is 5.02 Å². The van der Waals surface area contributed by atoms with Crippen LogP contribution < -0.4 is 5.14 Å². The monoisotopic (exact) mass is 379 g/mol. The number of primary sulfonamides is 1. The summed E-state index contributed by atoms with van der Waals surface area (Å²) in [5, 5.41) is 12.9. The Labute approximate surface area is 149 Å². The predicted octanol–water partition coefficient (Wildman–Crippen LogP) is 3.77. The Kier molecular flexibility index (Phi) is 4.69. The maximum Gasteiger partial charge on any atom is 0.238 e. The zero-order valence-electron chi connectivity index (χ0n) is 12.7. The van der Waals surface area contributed by atoms with E-state index in [1.54, 1.807) is 36.2 Å². The molecule has 8 heteroatoms. The summed E-state index contributed by atoms with van der Waals surface area (Å²) < 4.78 is 23.7. The molecule has 0 saturated heterocycles. The zero-order valence-corrected chi connectivity index (χ0v) is 15.0. The molecule has 0 bridgehead atoms. The molecule has 0 atom stereocenters. The van der Waals surface area contributed by atoms with Gasteiger partial charge in [0.25, 0.3) is 0 Å². The first kappa shape index (κ1) is 17.0. The number of nitrogens with two attached hydrogens (primary N) is 1. The van der Waals surface area contributed by atoms with E-state index in [0.717, 1.165) is 16.0 Å². The smallest absolute Gasteiger partial charge is 0.238 e. The van der Waals surface area contributed by atoms with Crippen molar-refractivity contribution in [3.63, 3.8) is 0 Å². The number of nitrogens with zero attached hydrogens (tertiary/aromatic N) is 1. The van der Waals surface area contributed by atoms with E-state index in [-0.39, 0.29) is 4.90 Å². The number of sulfonamides is 1. The molecular weight excluding hydrogens is 366 g/mol. The molecular formula is C16H14ClN3O2S2. The van der Waals surface area contributed by atoms with E-state index in [4.69, 9.17) is 16.7 Å². The van der Waals surface area contributed by atoms with E-state index in [2.05, 4.69) is 10.2 Å². The molecule has 0 radical (unpaired) electrons. The molecule has 3 rings (SSSR count). The fraction of sp³-hybridized carbons (Fsp3) is 0.0625. The number of hydrogen-bond donors (Lipinski definition) is 2. The molecule has 5 nitrogen and oxygen atoms in total. The van der Waals surface area contributed by atoms with Gasteiger partial charge in [-0.2, -0.15) is 5.10 Å². The fourth-order valence-electron chi connectivity index (χ4n) is 2.47. The standard InChI is InChI=1S/C16H14ClN3O2S2/c1-23-14-7-6-10(8-13(14)17)12-9-19-20-16(12)11-4-2-3-5-15(11)24(18,21)22/h2-9H,1H3,(H,19,20)(H2,18,21,22). The largest absolute Gasteiger partial charge is 0.277 e. The van der Waals surface area contributed by atoms with Crippen molar-refractivity contribution >= 4 is 33.4 Å². The number of aromatic amines is 1. The van der Waals surface area contributed by atoms with Crippen LogP contribution in [0.4, 0.5) is 0 Å². The molecule has 0 aliphatic carbocycles. The number of H-pyrrole nitrogens is 1. The minimum Gasteiger partial charge on any atom is -0.277 e. The second-order valence-electron chi connectivity index (χ2n) is 5.05. The SMILES string of the molecule is CSc1ccc(-c2cn[nH]c2-c2ccccc2S(N)(=O)=O)cc1Cl. The maximum atomic E-state index is 11.9. The second-order valence-corrected chi connectivity index (χ2v) is 7.83. The number of halogens is 1. The van der Waals surface area contributed by atoms with Gasteiger partial charge in [0.05, 0.1) is 21.8 Å². The van der Waals surface area contributed by atoms with Crippen molar-refractivity contribution < 1.29 is 8.42 Å². The number of rotatable bonds is 4. The van der Waals surface area contributed by atoms with Gasteiger partial charge in [-0.15, -0.1) is 11.8 Å². The van der Waals surface area contributed by atoms with Crippen molar-refractivity contribution in [1.29, 1.82) is 0 Å². The first-order chi connectivity index (χ1) is 11.4. The van der Waals surface area contributed by atoms with E-state index < -0.39 is 10.0 Å². The number of nitrogens with one attached hydrogen (secondary N) is 1. The molecule has 1 heterocycles. The van der Waals surface area contributed by atoms with Gasteiger partial charge in [0.2, 0.25) is 10.0 Å². The molecule has 24 heavy (non-hydrogen) atoms. The Morgan fingerprint density at radius 2 is 1.92 bits per heavy atom. The molecule has 0 fully saturated rings. The first-order valence-corrected chi connectivity index (χ1v) is 10.1. The Morgan fingerprint density at radius 3 is 2.58 bits per heavy atom. The van der Waals surface area contributed by atoms with Gasteiger partial charge in [0.15, 0.2) is 0 Å². The van der Waals surface area contributed by atoms with Crippen LogP contribution in [0.25, 0.3) is 22.4 Å². The van der Waals surface area contributed by atoms with Gasteiger partial charge >= 0.3 is 0 Å². The quantitative estimate of drug-likeness (QED) is 0.675. The summed E-state index contributed by atoms with van der Waals surface area (Å²) in [7, 11) is -3.85. The summed E-state index contributed by atoms with van der Waals surface area (Å²) in [6, 6.07) is 12.2. The zero-order chi connectivity index (χ0) is 17.3. The normalized spacial score (nSPS) is 11.6. The maximum absolute atomic E-state index is 11.9. The van der Waals surface area contributed by atoms with Crippen LogP contribution in [0.15, 0.2) is 58.5 Å². The van der Waals surface area contributed by atoms with Crippen LogP contribution in [0.3, 0.4) is 0 Å². The Hall–Kier alpha value is -1.80. The topological polar surface area (TPSA) is 88.8 Å². The Morgan fingerprint density at radius 1 is 1.17 bits per heavy atom. The highest BCUT2D eigenvalue weighted by molar-refractivity contribution is 7.98. The molecule has 1 aromatic heterocycles. The van der Waals surface area contributed by atoms with Gasteiger partial charge in [0, 0.05) is 16.0 Å². The van der Waals surface area contributed by atoms with E-state index in [0.29, 0.717) is 16.3 Å². The minimum absolute atomic E-state index is 0.0438. The summed E-state index contributed by atoms with van der Waals surface area (Å²) in [6.45, 7) is 0. The molecule has 0 unspecified atom stereocenters. The lowest BCUT2D eigenvalue weighted by molar-refractivity contribution is 0.598. The van der Waals surface area contributed by atoms with Crippen molar-refractivity contribution in [1.82, 2.24) is 10.2 Å². The second kappa shape index (κ2) is 6.60. The van der Waals surface area contributed by atoms with Gasteiger partial charge in [-0.25, -0.2) is 13.6 Å². The molecule has 0 amide bonds. The lowest BCUT2D eigenvalue weighted by Crippen LogP contribution is -2.13. The van der Waals surface area contributed by atoms with Crippen LogP contribution in [-0.4, -0.2) is 24.9 Å². The van der Waals surface area contributed by atoms with Crippen molar-refractivity contribution in [2.24, 2.45) is 5.14 Å². The number of benzene rings is 2. The highest BCUT2D eigenvalue weighted by Gasteiger charge is 2.19. The van der Waals surface area contributed by atoms with Crippen LogP contribution in [0, 0.1) is 0 Å². The van der Waals surface area contributed by atoms with Crippen molar-refractivity contribution in [2.45, 2.75) is 9.79 Å². The fourth-order valence-corrected chi connectivity index (χ4v) is 4.08. The molecule has 0 aliphatic rings. The molecule has 2 aromatic carbocycles. The van der Waals surface area contributed by atoms with Crippen molar-refractivity contribution in [3.8, 4) is 22.4 Å². The Balaban J connectivity index is 2.18. The third kappa shape index (κ3) is 3.21. The number of thioether (sulfide) groups is 1. The van der Waals surface area contributed by atoms with E-state index in [9.17, 15) is 8.42 Å². The number of hydrogen-bond acceptors (Lipinski definition) is 4. The molecule has 0 aliphatic heterocycles. The van der Waals surface area contributed by atoms with Gasteiger partial charge in [0.1, 0.15) is 0 Å². The first-order valence-electron chi connectivity index (χ1n) is 6.91. The average Bonchev–Trinajstić information content (AvgIpc) is 3.03. The molecule has 3 aromatic rings. The van der Waals surface area contributed by atoms with Gasteiger partial charge in [-0.3, -0.25) is 5.10 Å². The lowest BCUT2D eigenvalue weighted by Gasteiger charge is -2.09. The summed E-state index contributed by atoms with van der Waals surface area (Å²) in [5.74, 6) is 0. The third-order valence-corrected chi connectivity index (χ3v) is 5.75. The summed E-state index contributed by atoms with van der Waals surface area (Å²) in [6.07, 6.45) is 3.59. The van der Waals surface area contributed by atoms with Crippen molar-refractivity contribution in [2.75, 3.05) is 6.26 Å². The predicted molar refractivity (Wildman–Crippen MR) is 97.6 cm³/mol. The van der Waals surface area contributed by atoms with Gasteiger partial charge in [-0.05, 0) is 30.0 Å². The van der Waals surface area contributed by atoms with E-state index in [1.165, 1.54) is 6.07 Å². The summed E-state index contributed by atoms with van der Waals surface area (Å²) in [5.41, 5.74) is 2.64. The van der Waals surface area contributed by atoms with Crippen LogP contribution in [0.5, 0.6) is 0 Å². The highest BCUT2D eigenvalue weighted by atomic mass is 35.5. The molecule has 0 spiro atoms. The summed E-state index contributed by atoms with van der Waals surface area (Å²) >= 11 is 7.84. The molecule has 3 N–H and O–H groups in total. The third-order valence-electron chi connectivity index (χ3n) is 3.57. The van der Waals surface area contributed by atoms with Crippen LogP contribution in [0.1, 0.15) is 0 Å². The highest BCUT2D eigenvalue weighted by Crippen LogP contribution is 2.36. The summed E-state index contributed by atoms with van der Waals surface area (Å²) in [4.78, 5) is 1.01. The Bertz CT molecular complexity index is 1000. The number of aromatic nitrogens is 2. The lowest BCUT2D eigenvalue weighted by atomic mass is 10.0.